The van der Waals surface area contributed by atoms with Gasteiger partial charge in [-0.3, -0.25) is 5.43 Å². The second kappa shape index (κ2) is 7.01. The molecule has 3 nitrogen and oxygen atoms in total. The van der Waals surface area contributed by atoms with Crippen LogP contribution in [0.25, 0.3) is 0 Å². The highest BCUT2D eigenvalue weighted by Gasteiger charge is 2.01. The summed E-state index contributed by atoms with van der Waals surface area (Å²) >= 11 is 5.06. The third kappa shape index (κ3) is 4.53. The lowest BCUT2D eigenvalue weighted by atomic mass is 10.1. The summed E-state index contributed by atoms with van der Waals surface area (Å²) < 4.78 is 0. The lowest BCUT2D eigenvalue weighted by Crippen LogP contribution is -2.32. The van der Waals surface area contributed by atoms with E-state index in [0.717, 1.165) is 24.2 Å². The molecule has 0 saturated heterocycles. The van der Waals surface area contributed by atoms with Crippen LogP contribution in [0.3, 0.4) is 0 Å². The molecule has 0 saturated carbocycles. The minimum atomic E-state index is 0.561. The zero-order chi connectivity index (χ0) is 12.7. The molecule has 0 bridgehead atoms. The van der Waals surface area contributed by atoms with Crippen LogP contribution >= 0.6 is 12.2 Å². The number of aryl methyl sites for hydroxylation is 1. The first-order chi connectivity index (χ1) is 8.17. The van der Waals surface area contributed by atoms with E-state index in [4.69, 9.17) is 12.2 Å². The number of benzene rings is 1. The van der Waals surface area contributed by atoms with Crippen LogP contribution in [0.4, 0.5) is 0 Å². The van der Waals surface area contributed by atoms with E-state index in [1.165, 1.54) is 5.56 Å². The quantitative estimate of drug-likeness (QED) is 0.489. The van der Waals surface area contributed by atoms with Gasteiger partial charge in [0, 0.05) is 6.54 Å². The van der Waals surface area contributed by atoms with Crippen LogP contribution in [-0.2, 0) is 0 Å². The van der Waals surface area contributed by atoms with Crippen LogP contribution in [0.15, 0.2) is 29.4 Å². The molecule has 92 valence electrons. The summed E-state index contributed by atoms with van der Waals surface area (Å²) in [4.78, 5) is 0. The van der Waals surface area contributed by atoms with Crippen LogP contribution < -0.4 is 10.7 Å². The molecule has 0 fully saturated rings. The standard InChI is InChI=1S/C13H19N3S/c1-4-12(15-16-13(17)14-5-2)11-8-6-10(3)7-9-11/h6-9H,4-5H2,1-3H3,(H2,14,16,17)/b15-12+. The summed E-state index contributed by atoms with van der Waals surface area (Å²) in [6, 6.07) is 8.33. The third-order valence-corrected chi connectivity index (χ3v) is 2.59. The van der Waals surface area contributed by atoms with Crippen molar-refractivity contribution in [2.75, 3.05) is 6.54 Å². The molecular weight excluding hydrogens is 230 g/mol. The second-order valence-electron chi connectivity index (χ2n) is 3.75. The monoisotopic (exact) mass is 249 g/mol. The summed E-state index contributed by atoms with van der Waals surface area (Å²) in [6.45, 7) is 6.95. The number of rotatable bonds is 4. The Labute approximate surface area is 108 Å². The van der Waals surface area contributed by atoms with Crippen LogP contribution in [0.5, 0.6) is 0 Å². The molecule has 4 heteroatoms. The summed E-state index contributed by atoms with van der Waals surface area (Å²) in [6.07, 6.45) is 0.866. The van der Waals surface area contributed by atoms with Crippen molar-refractivity contribution in [1.82, 2.24) is 10.7 Å². The van der Waals surface area contributed by atoms with Gasteiger partial charge in [-0.15, -0.1) is 0 Å². The van der Waals surface area contributed by atoms with E-state index < -0.39 is 0 Å². The highest BCUT2D eigenvalue weighted by molar-refractivity contribution is 7.80. The third-order valence-electron chi connectivity index (χ3n) is 2.35. The Balaban J connectivity index is 2.73. The van der Waals surface area contributed by atoms with Gasteiger partial charge in [-0.2, -0.15) is 5.10 Å². The lowest BCUT2D eigenvalue weighted by Gasteiger charge is -2.07. The molecule has 17 heavy (non-hydrogen) atoms. The predicted molar refractivity (Wildman–Crippen MR) is 77.4 cm³/mol. The molecule has 0 aliphatic carbocycles. The maximum absolute atomic E-state index is 5.06. The molecule has 2 N–H and O–H groups in total. The molecular formula is C13H19N3S. The zero-order valence-electron chi connectivity index (χ0n) is 10.6. The van der Waals surface area contributed by atoms with E-state index in [-0.39, 0.29) is 0 Å². The lowest BCUT2D eigenvalue weighted by molar-refractivity contribution is 0.897. The van der Waals surface area contributed by atoms with E-state index in [1.807, 2.05) is 6.92 Å². The van der Waals surface area contributed by atoms with Crippen LogP contribution in [0.1, 0.15) is 31.4 Å². The topological polar surface area (TPSA) is 36.4 Å². The highest BCUT2D eigenvalue weighted by Crippen LogP contribution is 2.06. The van der Waals surface area contributed by atoms with Crippen molar-refractivity contribution in [2.45, 2.75) is 27.2 Å². The Bertz CT molecular complexity index is 396. The number of hydrazone groups is 1. The number of nitrogens with one attached hydrogen (secondary N) is 2. The van der Waals surface area contributed by atoms with Crippen molar-refractivity contribution in [3.8, 4) is 0 Å². The molecule has 1 aromatic carbocycles. The van der Waals surface area contributed by atoms with Gasteiger partial charge in [0.05, 0.1) is 5.71 Å². The fraction of sp³-hybridized carbons (Fsp3) is 0.385. The van der Waals surface area contributed by atoms with Gasteiger partial charge in [-0.05, 0) is 38.0 Å². The van der Waals surface area contributed by atoms with Gasteiger partial charge in [0.15, 0.2) is 5.11 Å². The van der Waals surface area contributed by atoms with Crippen molar-refractivity contribution in [3.63, 3.8) is 0 Å². The fourth-order valence-corrected chi connectivity index (χ4v) is 1.60. The van der Waals surface area contributed by atoms with Crippen molar-refractivity contribution < 1.29 is 0 Å². The molecule has 0 aliphatic rings. The average Bonchev–Trinajstić information content (AvgIpc) is 2.32. The molecule has 0 amide bonds. The Kier molecular flexibility index (Phi) is 5.63. The number of hydrogen-bond donors (Lipinski definition) is 2. The first-order valence-corrected chi connectivity index (χ1v) is 6.25. The maximum Gasteiger partial charge on any atom is 0.186 e. The first-order valence-electron chi connectivity index (χ1n) is 5.84. The Hall–Kier alpha value is -1.42. The van der Waals surface area contributed by atoms with Crippen molar-refractivity contribution >= 4 is 23.0 Å². The first kappa shape index (κ1) is 13.6. The van der Waals surface area contributed by atoms with E-state index >= 15 is 0 Å². The summed E-state index contributed by atoms with van der Waals surface area (Å²) in [5.74, 6) is 0. The molecule has 1 aromatic rings. The van der Waals surface area contributed by atoms with Crippen LogP contribution in [0, 0.1) is 6.92 Å². The van der Waals surface area contributed by atoms with E-state index in [2.05, 4.69) is 54.0 Å². The molecule has 0 aromatic heterocycles. The average molecular weight is 249 g/mol. The number of hydrogen-bond acceptors (Lipinski definition) is 2. The van der Waals surface area contributed by atoms with Gasteiger partial charge in [-0.25, -0.2) is 0 Å². The van der Waals surface area contributed by atoms with Gasteiger partial charge in [0.1, 0.15) is 0 Å². The summed E-state index contributed by atoms with van der Waals surface area (Å²) in [5, 5.41) is 7.88. The van der Waals surface area contributed by atoms with Gasteiger partial charge in [0.25, 0.3) is 0 Å². The SMILES string of the molecule is CCNC(=S)N/N=C(\CC)c1ccc(C)cc1. The highest BCUT2D eigenvalue weighted by atomic mass is 32.1. The molecule has 1 rings (SSSR count). The predicted octanol–water partition coefficient (Wildman–Crippen LogP) is 2.59. The molecule has 0 unspecified atom stereocenters. The van der Waals surface area contributed by atoms with Gasteiger partial charge >= 0.3 is 0 Å². The normalized spacial score (nSPS) is 11.1. The van der Waals surface area contributed by atoms with Crippen molar-refractivity contribution in [2.24, 2.45) is 5.10 Å². The fourth-order valence-electron chi connectivity index (χ4n) is 1.41. The van der Waals surface area contributed by atoms with Crippen LogP contribution in [0.2, 0.25) is 0 Å². The second-order valence-corrected chi connectivity index (χ2v) is 4.16. The molecule has 0 aliphatic heterocycles. The minimum Gasteiger partial charge on any atom is -0.362 e. The van der Waals surface area contributed by atoms with E-state index in [1.54, 1.807) is 0 Å². The van der Waals surface area contributed by atoms with E-state index in [9.17, 15) is 0 Å². The Morgan fingerprint density at radius 1 is 1.24 bits per heavy atom. The molecule has 0 atom stereocenters. The van der Waals surface area contributed by atoms with E-state index in [0.29, 0.717) is 5.11 Å². The smallest absolute Gasteiger partial charge is 0.186 e. The largest absolute Gasteiger partial charge is 0.362 e. The van der Waals surface area contributed by atoms with Gasteiger partial charge in [0.2, 0.25) is 0 Å². The van der Waals surface area contributed by atoms with Crippen molar-refractivity contribution in [1.29, 1.82) is 0 Å². The number of nitrogens with zero attached hydrogens (tertiary/aromatic N) is 1. The summed E-state index contributed by atoms with van der Waals surface area (Å²) in [5.41, 5.74) is 6.24. The van der Waals surface area contributed by atoms with Gasteiger partial charge in [-0.1, -0.05) is 36.8 Å². The molecule has 0 spiro atoms. The molecule has 0 radical (unpaired) electrons. The zero-order valence-corrected chi connectivity index (χ0v) is 11.4. The van der Waals surface area contributed by atoms with Crippen LogP contribution in [-0.4, -0.2) is 17.4 Å². The number of thiocarbonyl (C=S) groups is 1. The van der Waals surface area contributed by atoms with Gasteiger partial charge < -0.3 is 5.32 Å². The van der Waals surface area contributed by atoms with Crippen molar-refractivity contribution in [3.05, 3.63) is 35.4 Å². The Morgan fingerprint density at radius 2 is 1.88 bits per heavy atom. The maximum atomic E-state index is 5.06. The summed E-state index contributed by atoms with van der Waals surface area (Å²) in [7, 11) is 0. The molecule has 0 heterocycles. The minimum absolute atomic E-state index is 0.561. The Morgan fingerprint density at radius 3 is 2.41 bits per heavy atom.